The van der Waals surface area contributed by atoms with Crippen LogP contribution < -0.4 is 11.3 Å². The summed E-state index contributed by atoms with van der Waals surface area (Å²) >= 11 is 0. The molecule has 2 aromatic rings. The largest absolute Gasteiger partial charge is 0.394 e. The Hall–Kier alpha value is -1.97. The second kappa shape index (κ2) is 4.85. The van der Waals surface area contributed by atoms with E-state index < -0.39 is 17.8 Å². The molecule has 2 aromatic heterocycles. The average molecular weight is 281 g/mol. The Morgan fingerprint density at radius 2 is 2.40 bits per heavy atom. The average Bonchev–Trinajstić information content (AvgIpc) is 2.82. The highest BCUT2D eigenvalue weighted by Crippen LogP contribution is 2.25. The van der Waals surface area contributed by atoms with Crippen molar-refractivity contribution in [1.29, 1.82) is 0 Å². The van der Waals surface area contributed by atoms with Crippen LogP contribution in [0.5, 0.6) is 0 Å². The number of H-pyrrole nitrogens is 1. The second-order valence-corrected chi connectivity index (χ2v) is 4.79. The van der Waals surface area contributed by atoms with Crippen LogP contribution >= 0.6 is 0 Å². The van der Waals surface area contributed by atoms with E-state index in [2.05, 4.69) is 15.0 Å². The van der Waals surface area contributed by atoms with E-state index in [1.807, 2.05) is 0 Å². The number of aromatic nitrogens is 4. The van der Waals surface area contributed by atoms with Gasteiger partial charge in [-0.2, -0.15) is 4.98 Å². The Morgan fingerprint density at radius 1 is 1.60 bits per heavy atom. The van der Waals surface area contributed by atoms with Crippen LogP contribution in [0.2, 0.25) is 0 Å². The molecule has 0 bridgehead atoms. The first-order valence-electron chi connectivity index (χ1n) is 6.23. The number of aliphatic hydroxyl groups is 2. The first-order chi connectivity index (χ1) is 9.60. The molecule has 1 aliphatic rings. The van der Waals surface area contributed by atoms with Crippen LogP contribution in [0.1, 0.15) is 12.5 Å². The van der Waals surface area contributed by atoms with E-state index >= 15 is 0 Å². The zero-order valence-electron chi connectivity index (χ0n) is 10.6. The maximum atomic E-state index is 11.7. The number of nitrogens with two attached hydrogens (primary N) is 1. The summed E-state index contributed by atoms with van der Waals surface area (Å²) in [7, 11) is 0. The van der Waals surface area contributed by atoms with Gasteiger partial charge in [-0.1, -0.05) is 0 Å². The van der Waals surface area contributed by atoms with Gasteiger partial charge in [0, 0.05) is 0 Å². The predicted molar refractivity (Wildman–Crippen MR) is 69.0 cm³/mol. The Kier molecular flexibility index (Phi) is 3.16. The zero-order chi connectivity index (χ0) is 14.3. The lowest BCUT2D eigenvalue weighted by Gasteiger charge is -2.32. The number of ether oxygens (including phenoxy) is 1. The number of imidazole rings is 1. The molecule has 20 heavy (non-hydrogen) atoms. The molecule has 0 saturated carbocycles. The minimum atomic E-state index is -0.782. The van der Waals surface area contributed by atoms with E-state index in [1.54, 1.807) is 4.57 Å². The summed E-state index contributed by atoms with van der Waals surface area (Å²) in [6, 6.07) is -0.216. The van der Waals surface area contributed by atoms with E-state index in [4.69, 9.17) is 15.6 Å². The molecule has 0 amide bonds. The van der Waals surface area contributed by atoms with E-state index in [0.717, 1.165) is 0 Å². The van der Waals surface area contributed by atoms with Crippen molar-refractivity contribution >= 4 is 17.1 Å². The van der Waals surface area contributed by atoms with Gasteiger partial charge in [0.1, 0.15) is 6.10 Å². The lowest BCUT2D eigenvalue weighted by atomic mass is 10.0. The van der Waals surface area contributed by atoms with Gasteiger partial charge < -0.3 is 25.3 Å². The van der Waals surface area contributed by atoms with Crippen LogP contribution in [0.4, 0.5) is 5.95 Å². The molecule has 5 N–H and O–H groups in total. The minimum absolute atomic E-state index is 0.00904. The molecule has 9 nitrogen and oxygen atoms in total. The normalized spacial score (nSPS) is 27.0. The van der Waals surface area contributed by atoms with Gasteiger partial charge in [0.05, 0.1) is 31.7 Å². The van der Waals surface area contributed by atoms with Crippen LogP contribution in [0.3, 0.4) is 0 Å². The molecule has 3 rings (SSSR count). The highest BCUT2D eigenvalue weighted by atomic mass is 16.5. The quantitative estimate of drug-likeness (QED) is 0.519. The van der Waals surface area contributed by atoms with Gasteiger partial charge >= 0.3 is 0 Å². The molecule has 1 aliphatic heterocycles. The molecule has 0 aliphatic carbocycles. The number of aliphatic hydroxyl groups excluding tert-OH is 2. The van der Waals surface area contributed by atoms with E-state index in [-0.39, 0.29) is 24.1 Å². The number of anilines is 1. The summed E-state index contributed by atoms with van der Waals surface area (Å²) in [6.07, 6.45) is 0.496. The molecular formula is C11H15N5O4. The van der Waals surface area contributed by atoms with Crippen LogP contribution in [0.15, 0.2) is 11.1 Å². The first-order valence-corrected chi connectivity index (χ1v) is 6.23. The molecular weight excluding hydrogens is 266 g/mol. The van der Waals surface area contributed by atoms with Crippen molar-refractivity contribution in [1.82, 2.24) is 19.5 Å². The van der Waals surface area contributed by atoms with E-state index in [0.29, 0.717) is 18.7 Å². The highest BCUT2D eigenvalue weighted by Gasteiger charge is 2.31. The number of nitrogens with one attached hydrogen (secondary N) is 1. The maximum absolute atomic E-state index is 11.7. The molecule has 9 heteroatoms. The van der Waals surface area contributed by atoms with Crippen molar-refractivity contribution in [2.45, 2.75) is 24.7 Å². The van der Waals surface area contributed by atoms with Gasteiger partial charge in [0.25, 0.3) is 5.56 Å². The van der Waals surface area contributed by atoms with Crippen LogP contribution in [0.25, 0.3) is 11.2 Å². The second-order valence-electron chi connectivity index (χ2n) is 4.79. The topological polar surface area (TPSA) is 139 Å². The first kappa shape index (κ1) is 13.0. The third-order valence-electron chi connectivity index (χ3n) is 3.47. The monoisotopic (exact) mass is 281 g/mol. The van der Waals surface area contributed by atoms with Crippen LogP contribution in [-0.2, 0) is 4.74 Å². The lowest BCUT2D eigenvalue weighted by Crippen LogP contribution is -2.41. The number of rotatable bonds is 2. The van der Waals surface area contributed by atoms with Gasteiger partial charge in [-0.05, 0) is 6.42 Å². The minimum Gasteiger partial charge on any atom is -0.394 e. The summed E-state index contributed by atoms with van der Waals surface area (Å²) < 4.78 is 7.06. The molecule has 3 heterocycles. The summed E-state index contributed by atoms with van der Waals surface area (Å²) in [5, 5.41) is 18.9. The lowest BCUT2D eigenvalue weighted by molar-refractivity contribution is -0.112. The van der Waals surface area contributed by atoms with Crippen molar-refractivity contribution in [2.24, 2.45) is 0 Å². The van der Waals surface area contributed by atoms with Crippen molar-refractivity contribution in [3.8, 4) is 0 Å². The zero-order valence-corrected chi connectivity index (χ0v) is 10.6. The van der Waals surface area contributed by atoms with Crippen LogP contribution in [0, 0.1) is 0 Å². The third kappa shape index (κ3) is 2.05. The number of nitrogens with zero attached hydrogens (tertiary/aromatic N) is 3. The summed E-state index contributed by atoms with van der Waals surface area (Å²) in [6.45, 7) is 0.0611. The summed E-state index contributed by atoms with van der Waals surface area (Å²) in [5.41, 5.74) is 5.67. The van der Waals surface area contributed by atoms with Gasteiger partial charge in [0.2, 0.25) is 5.95 Å². The van der Waals surface area contributed by atoms with Gasteiger partial charge in [-0.25, -0.2) is 4.98 Å². The fraction of sp³-hybridized carbons (Fsp3) is 0.545. The van der Waals surface area contributed by atoms with Gasteiger partial charge in [-0.3, -0.25) is 9.78 Å². The molecule has 0 aromatic carbocycles. The number of aromatic amines is 1. The third-order valence-corrected chi connectivity index (χ3v) is 3.47. The number of nitrogen functional groups attached to an aromatic ring is 1. The Bertz CT molecular complexity index is 681. The van der Waals surface area contributed by atoms with E-state index in [1.165, 1.54) is 6.33 Å². The molecule has 108 valence electrons. The Morgan fingerprint density at radius 3 is 3.10 bits per heavy atom. The van der Waals surface area contributed by atoms with Gasteiger partial charge in [-0.15, -0.1) is 0 Å². The highest BCUT2D eigenvalue weighted by molar-refractivity contribution is 5.70. The summed E-state index contributed by atoms with van der Waals surface area (Å²) in [4.78, 5) is 22.2. The molecule has 3 atom stereocenters. The molecule has 0 radical (unpaired) electrons. The summed E-state index contributed by atoms with van der Waals surface area (Å²) in [5.74, 6) is 0.00904. The molecule has 1 saturated heterocycles. The Labute approximate surface area is 113 Å². The van der Waals surface area contributed by atoms with Crippen molar-refractivity contribution in [3.63, 3.8) is 0 Å². The van der Waals surface area contributed by atoms with Gasteiger partial charge in [0.15, 0.2) is 11.2 Å². The standard InChI is InChI=1S/C11H15N5O4/c12-11-14-9-8(10(19)15-11)13-4-16(9)5-1-6(18)7(2-17)20-3-5/h4-7,17-18H,1-3H2,(H3,12,14,15,19)/t5-,6+,7-/m1/s1. The fourth-order valence-corrected chi connectivity index (χ4v) is 2.42. The molecule has 0 spiro atoms. The van der Waals surface area contributed by atoms with Crippen molar-refractivity contribution < 1.29 is 14.9 Å². The predicted octanol–water partition coefficient (Wildman–Crippen LogP) is -1.62. The van der Waals surface area contributed by atoms with Crippen LogP contribution in [-0.4, -0.2) is 55.2 Å². The smallest absolute Gasteiger partial charge is 0.280 e. The molecule has 1 fully saturated rings. The maximum Gasteiger partial charge on any atom is 0.280 e. The SMILES string of the molecule is Nc1nc2c(ncn2[C@H]2CO[C@H](CO)[C@@H](O)C2)c(=O)[nH]1. The number of hydrogen-bond acceptors (Lipinski definition) is 7. The Balaban J connectivity index is 1.97. The number of hydrogen-bond donors (Lipinski definition) is 4. The fourth-order valence-electron chi connectivity index (χ4n) is 2.42. The van der Waals surface area contributed by atoms with E-state index in [9.17, 15) is 9.90 Å². The number of fused-ring (bicyclic) bond motifs is 1. The van der Waals surface area contributed by atoms with Crippen molar-refractivity contribution in [3.05, 3.63) is 16.7 Å². The van der Waals surface area contributed by atoms with Crippen molar-refractivity contribution in [2.75, 3.05) is 18.9 Å². The molecule has 0 unspecified atom stereocenters.